The summed E-state index contributed by atoms with van der Waals surface area (Å²) in [5.41, 5.74) is -1.36. The molecule has 3 rings (SSSR count). The minimum absolute atomic E-state index is 0.102. The van der Waals surface area contributed by atoms with Gasteiger partial charge < -0.3 is 35.2 Å². The molecule has 0 aromatic carbocycles. The Morgan fingerprint density at radius 1 is 1.18 bits per heavy atom. The zero-order valence-corrected chi connectivity index (χ0v) is 25.0. The van der Waals surface area contributed by atoms with Gasteiger partial charge in [-0.3, -0.25) is 9.69 Å². The van der Waals surface area contributed by atoms with Gasteiger partial charge in [-0.1, -0.05) is 39.8 Å². The molecule has 0 unspecified atom stereocenters. The van der Waals surface area contributed by atoms with Crippen LogP contribution in [0.15, 0.2) is 25.3 Å². The molecule has 2 amide bonds. The Morgan fingerprint density at radius 2 is 1.88 bits per heavy atom. The number of hydrogen-bond acceptors (Lipinski definition) is 8. The number of carbonyl (C=O) groups excluding carboxylic acids is 1. The van der Waals surface area contributed by atoms with Crippen LogP contribution in [0.3, 0.4) is 0 Å². The number of nitrogens with zero attached hydrogens (tertiary/aromatic N) is 1. The van der Waals surface area contributed by atoms with Gasteiger partial charge in [-0.05, 0) is 42.9 Å². The van der Waals surface area contributed by atoms with Crippen molar-refractivity contribution in [3.05, 3.63) is 25.3 Å². The maximum Gasteiger partial charge on any atom is 0.408 e. The van der Waals surface area contributed by atoms with E-state index in [1.807, 2.05) is 13.8 Å². The van der Waals surface area contributed by atoms with Crippen molar-refractivity contribution in [3.63, 3.8) is 0 Å². The van der Waals surface area contributed by atoms with Crippen molar-refractivity contribution < 1.29 is 39.5 Å². The number of carboxylic acid groups (broad SMARTS) is 1. The number of ether oxygens (including phenoxy) is 2. The Kier molecular flexibility index (Phi) is 11.5. The van der Waals surface area contributed by atoms with Gasteiger partial charge in [0, 0.05) is 24.8 Å². The molecular weight excluding hydrogens is 536 g/mol. The monoisotopic (exact) mass is 584 g/mol. The maximum absolute atomic E-state index is 13.9. The lowest BCUT2D eigenvalue weighted by atomic mass is 9.81. The van der Waals surface area contributed by atoms with Crippen LogP contribution in [0.25, 0.3) is 0 Å². The largest absolute Gasteiger partial charge is 0.465 e. The highest BCUT2D eigenvalue weighted by Crippen LogP contribution is 2.38. The van der Waals surface area contributed by atoms with Crippen molar-refractivity contribution in [2.75, 3.05) is 18.9 Å². The summed E-state index contributed by atoms with van der Waals surface area (Å²) in [4.78, 5) is 27.4. The lowest BCUT2D eigenvalue weighted by Gasteiger charge is -2.45. The van der Waals surface area contributed by atoms with Crippen molar-refractivity contribution in [2.24, 2.45) is 23.2 Å². The number of nitrogens with one attached hydrogen (secondary N) is 1. The van der Waals surface area contributed by atoms with E-state index in [-0.39, 0.29) is 18.9 Å². The van der Waals surface area contributed by atoms with Crippen LogP contribution in [-0.4, -0.2) is 104 Å². The third-order valence-electron chi connectivity index (χ3n) is 8.34. The second-order valence-electron chi connectivity index (χ2n) is 12.6. The summed E-state index contributed by atoms with van der Waals surface area (Å²) in [7, 11) is 0. The SMILES string of the molecule is C=CCS[C@H]1O[C@H]([C@@H](CC(C)(C)C=C)NC(=O)[C@@H]2[C@@H]3OCC[C@@H](CC(C)C)C[C@H]3CN2C(=O)O)[C@H](O)[C@H](O)[C@H]1O. The van der Waals surface area contributed by atoms with E-state index >= 15 is 0 Å². The van der Waals surface area contributed by atoms with Crippen molar-refractivity contribution in [1.29, 1.82) is 0 Å². The van der Waals surface area contributed by atoms with Crippen LogP contribution in [0.1, 0.15) is 53.4 Å². The van der Waals surface area contributed by atoms with Crippen LogP contribution >= 0.6 is 11.8 Å². The normalized spacial score (nSPS) is 35.5. The van der Waals surface area contributed by atoms with Crippen LogP contribution < -0.4 is 5.32 Å². The molecule has 3 aliphatic heterocycles. The summed E-state index contributed by atoms with van der Waals surface area (Å²) in [5.74, 6) is 0.719. The van der Waals surface area contributed by atoms with E-state index in [0.717, 1.165) is 24.2 Å². The zero-order chi connectivity index (χ0) is 29.8. The standard InChI is InChI=1S/C29H48N2O8S/c1-7-11-40-27-23(34)21(32)22(33)25(39-27)19(14-29(5,6)8-2)30-26(35)20-24-18(15-31(20)28(36)37)13-17(9-10-38-24)12-16(3)4/h7-8,16-25,27,32-34H,1-2,9-15H2,3-6H3,(H,30,35)(H,36,37)/t17-,18-,19+,20-,21-,22+,23+,24+,25+,27+/m0/s1. The van der Waals surface area contributed by atoms with E-state index < -0.39 is 65.5 Å². The number of likely N-dealkylation sites (tertiary alicyclic amines) is 1. The van der Waals surface area contributed by atoms with Gasteiger partial charge in [-0.2, -0.15) is 0 Å². The summed E-state index contributed by atoms with van der Waals surface area (Å²) in [6, 6.07) is -1.88. The Balaban J connectivity index is 1.88. The average molecular weight is 585 g/mol. The summed E-state index contributed by atoms with van der Waals surface area (Å²) in [6.07, 6.45) is -0.813. The highest BCUT2D eigenvalue weighted by molar-refractivity contribution is 7.99. The fourth-order valence-electron chi connectivity index (χ4n) is 6.30. The Hall–Kier alpha value is -1.63. The Bertz CT molecular complexity index is 901. The van der Waals surface area contributed by atoms with Crippen molar-refractivity contribution in [1.82, 2.24) is 10.2 Å². The van der Waals surface area contributed by atoms with Crippen molar-refractivity contribution in [3.8, 4) is 0 Å². The minimum atomic E-state index is -1.50. The fourth-order valence-corrected chi connectivity index (χ4v) is 7.19. The molecule has 0 aromatic rings. The smallest absolute Gasteiger partial charge is 0.408 e. The molecule has 0 bridgehead atoms. The summed E-state index contributed by atoms with van der Waals surface area (Å²) in [5, 5.41) is 45.1. The maximum atomic E-state index is 13.9. The van der Waals surface area contributed by atoms with Crippen molar-refractivity contribution in [2.45, 2.75) is 101 Å². The van der Waals surface area contributed by atoms with Gasteiger partial charge in [-0.15, -0.1) is 24.9 Å². The number of hydrogen-bond donors (Lipinski definition) is 5. The zero-order valence-electron chi connectivity index (χ0n) is 24.1. The molecule has 40 heavy (non-hydrogen) atoms. The molecule has 0 saturated carbocycles. The van der Waals surface area contributed by atoms with Gasteiger partial charge in [0.15, 0.2) is 0 Å². The highest BCUT2D eigenvalue weighted by atomic mass is 32.2. The quantitative estimate of drug-likeness (QED) is 0.231. The Morgan fingerprint density at radius 3 is 2.48 bits per heavy atom. The minimum Gasteiger partial charge on any atom is -0.465 e. The van der Waals surface area contributed by atoms with Gasteiger partial charge in [0.25, 0.3) is 0 Å². The second kappa shape index (κ2) is 14.0. The summed E-state index contributed by atoms with van der Waals surface area (Å²) in [6.45, 7) is 16.4. The highest BCUT2D eigenvalue weighted by Gasteiger charge is 2.52. The van der Waals surface area contributed by atoms with Gasteiger partial charge >= 0.3 is 6.09 Å². The first-order chi connectivity index (χ1) is 18.8. The fraction of sp³-hybridized carbons (Fsp3) is 0.793. The van der Waals surface area contributed by atoms with Crippen LogP contribution in [-0.2, 0) is 14.3 Å². The summed E-state index contributed by atoms with van der Waals surface area (Å²) >= 11 is 1.23. The predicted octanol–water partition coefficient (Wildman–Crippen LogP) is 2.62. The molecule has 5 N–H and O–H groups in total. The van der Waals surface area contributed by atoms with Crippen LogP contribution in [0.5, 0.6) is 0 Å². The first kappa shape index (κ1) is 32.9. The van der Waals surface area contributed by atoms with Crippen LogP contribution in [0, 0.1) is 23.2 Å². The van der Waals surface area contributed by atoms with Crippen LogP contribution in [0.4, 0.5) is 4.79 Å². The van der Waals surface area contributed by atoms with E-state index in [1.54, 1.807) is 12.2 Å². The van der Waals surface area contributed by atoms with Gasteiger partial charge in [-0.25, -0.2) is 4.79 Å². The second-order valence-corrected chi connectivity index (χ2v) is 13.7. The van der Waals surface area contributed by atoms with Gasteiger partial charge in [0.2, 0.25) is 5.91 Å². The third-order valence-corrected chi connectivity index (χ3v) is 9.49. The average Bonchev–Trinajstić information content (AvgIpc) is 3.13. The van der Waals surface area contributed by atoms with E-state index in [1.165, 1.54) is 11.8 Å². The number of allylic oxidation sites excluding steroid dienone is 1. The number of thioether (sulfide) groups is 1. The first-order valence-corrected chi connectivity index (χ1v) is 15.3. The predicted molar refractivity (Wildman–Crippen MR) is 154 cm³/mol. The molecule has 3 saturated heterocycles. The third kappa shape index (κ3) is 7.80. The topological polar surface area (TPSA) is 149 Å². The first-order valence-electron chi connectivity index (χ1n) is 14.3. The lowest BCUT2D eigenvalue weighted by Crippen LogP contribution is -2.64. The van der Waals surface area contributed by atoms with E-state index in [4.69, 9.17) is 9.47 Å². The number of aliphatic hydroxyl groups excluding tert-OH is 3. The molecule has 10 atom stereocenters. The molecule has 0 radical (unpaired) electrons. The van der Waals surface area contributed by atoms with E-state index in [9.17, 15) is 30.0 Å². The molecule has 10 nitrogen and oxygen atoms in total. The lowest BCUT2D eigenvalue weighted by molar-refractivity contribution is -0.206. The molecule has 0 spiro atoms. The number of carbonyl (C=O) groups is 2. The number of rotatable bonds is 11. The number of fused-ring (bicyclic) bond motifs is 1. The molecule has 3 fully saturated rings. The number of aliphatic hydroxyl groups is 3. The molecule has 0 aliphatic carbocycles. The van der Waals surface area contributed by atoms with Crippen molar-refractivity contribution >= 4 is 23.8 Å². The van der Waals surface area contributed by atoms with Gasteiger partial charge in [0.05, 0.1) is 12.1 Å². The molecule has 3 heterocycles. The van der Waals surface area contributed by atoms with E-state index in [2.05, 4.69) is 32.3 Å². The van der Waals surface area contributed by atoms with Crippen LogP contribution in [0.2, 0.25) is 0 Å². The number of amides is 2. The Labute approximate surface area is 242 Å². The summed E-state index contributed by atoms with van der Waals surface area (Å²) < 4.78 is 12.3. The molecular formula is C29H48N2O8S. The molecule has 11 heteroatoms. The van der Waals surface area contributed by atoms with Gasteiger partial charge in [0.1, 0.15) is 35.9 Å². The molecule has 3 aliphatic rings. The molecule has 228 valence electrons. The molecule has 0 aromatic heterocycles. The van der Waals surface area contributed by atoms with E-state index in [0.29, 0.717) is 24.2 Å².